The minimum atomic E-state index is -0.254. The van der Waals surface area contributed by atoms with E-state index in [0.717, 1.165) is 36.2 Å². The molecule has 4 rings (SSSR count). The molecule has 0 saturated carbocycles. The minimum absolute atomic E-state index is 0.254. The molecule has 1 amide bonds. The summed E-state index contributed by atoms with van der Waals surface area (Å²) in [7, 11) is 0. The normalized spacial score (nSPS) is 13.4. The lowest BCUT2D eigenvalue weighted by Gasteiger charge is -2.27. The fourth-order valence-corrected chi connectivity index (χ4v) is 3.57. The molecule has 1 saturated heterocycles. The molecular weight excluding hydrogens is 388 g/mol. The van der Waals surface area contributed by atoms with Crippen molar-refractivity contribution < 1.29 is 4.79 Å². The Hall–Kier alpha value is -3.92. The van der Waals surface area contributed by atoms with Crippen LogP contribution in [-0.4, -0.2) is 29.0 Å². The molecule has 7 heteroatoms. The molecule has 31 heavy (non-hydrogen) atoms. The van der Waals surface area contributed by atoms with E-state index in [4.69, 9.17) is 5.26 Å². The Labute approximate surface area is 181 Å². The lowest BCUT2D eigenvalue weighted by atomic mass is 10.1. The van der Waals surface area contributed by atoms with Crippen LogP contribution in [-0.2, 0) is 0 Å². The molecule has 1 fully saturated rings. The first-order chi connectivity index (χ1) is 15.1. The first kappa shape index (κ1) is 20.4. The number of carbonyl (C=O) groups is 1. The molecule has 2 aromatic carbocycles. The average molecular weight is 412 g/mol. The van der Waals surface area contributed by atoms with Crippen LogP contribution < -0.4 is 15.5 Å². The number of anilines is 4. The van der Waals surface area contributed by atoms with Crippen LogP contribution in [0.4, 0.5) is 23.1 Å². The summed E-state index contributed by atoms with van der Waals surface area (Å²) in [4.78, 5) is 23.9. The van der Waals surface area contributed by atoms with E-state index < -0.39 is 0 Å². The summed E-state index contributed by atoms with van der Waals surface area (Å²) in [6.45, 7) is 3.96. The third kappa shape index (κ3) is 5.17. The monoisotopic (exact) mass is 412 g/mol. The number of aryl methyl sites for hydroxylation is 1. The fourth-order valence-electron chi connectivity index (χ4n) is 3.57. The smallest absolute Gasteiger partial charge is 0.255 e. The first-order valence-electron chi connectivity index (χ1n) is 10.4. The van der Waals surface area contributed by atoms with Gasteiger partial charge in [0.05, 0.1) is 11.6 Å². The number of hydrogen-bond acceptors (Lipinski definition) is 6. The zero-order valence-corrected chi connectivity index (χ0v) is 17.4. The van der Waals surface area contributed by atoms with E-state index >= 15 is 0 Å². The van der Waals surface area contributed by atoms with Crippen LogP contribution in [0.25, 0.3) is 0 Å². The fraction of sp³-hybridized carbons (Fsp3) is 0.250. The van der Waals surface area contributed by atoms with Crippen molar-refractivity contribution in [1.29, 1.82) is 5.26 Å². The number of piperidine rings is 1. The zero-order valence-electron chi connectivity index (χ0n) is 17.4. The maximum Gasteiger partial charge on any atom is 0.255 e. The van der Waals surface area contributed by atoms with Crippen LogP contribution >= 0.6 is 0 Å². The molecule has 156 valence electrons. The summed E-state index contributed by atoms with van der Waals surface area (Å²) < 4.78 is 0. The molecule has 0 bridgehead atoms. The van der Waals surface area contributed by atoms with Gasteiger partial charge < -0.3 is 15.5 Å². The van der Waals surface area contributed by atoms with Crippen LogP contribution in [0.5, 0.6) is 0 Å². The van der Waals surface area contributed by atoms with Crippen molar-refractivity contribution in [2.75, 3.05) is 28.6 Å². The second-order valence-corrected chi connectivity index (χ2v) is 7.59. The molecule has 0 unspecified atom stereocenters. The molecule has 0 aliphatic carbocycles. The van der Waals surface area contributed by atoms with Crippen molar-refractivity contribution in [1.82, 2.24) is 9.97 Å². The number of amides is 1. The Kier molecular flexibility index (Phi) is 6.08. The van der Waals surface area contributed by atoms with Crippen molar-refractivity contribution in [2.24, 2.45) is 0 Å². The molecule has 1 aromatic heterocycles. The molecule has 2 N–H and O–H groups in total. The van der Waals surface area contributed by atoms with E-state index in [0.29, 0.717) is 16.8 Å². The number of nitriles is 1. The van der Waals surface area contributed by atoms with Crippen LogP contribution in [0.1, 0.15) is 40.9 Å². The van der Waals surface area contributed by atoms with E-state index in [1.165, 1.54) is 19.3 Å². The number of carbonyl (C=O) groups excluding carboxylic acids is 1. The summed E-state index contributed by atoms with van der Waals surface area (Å²) in [5, 5.41) is 15.2. The highest BCUT2D eigenvalue weighted by Crippen LogP contribution is 2.22. The van der Waals surface area contributed by atoms with Crippen molar-refractivity contribution in [3.05, 3.63) is 71.4 Å². The average Bonchev–Trinajstić information content (AvgIpc) is 2.80. The summed E-state index contributed by atoms with van der Waals surface area (Å²) in [6, 6.07) is 18.0. The molecule has 1 aliphatic rings. The quantitative estimate of drug-likeness (QED) is 0.634. The number of nitrogens with zero attached hydrogens (tertiary/aromatic N) is 4. The van der Waals surface area contributed by atoms with Gasteiger partial charge in [-0.2, -0.15) is 10.2 Å². The Morgan fingerprint density at radius 1 is 1.00 bits per heavy atom. The number of rotatable bonds is 5. The Bertz CT molecular complexity index is 1110. The lowest BCUT2D eigenvalue weighted by Crippen LogP contribution is -2.31. The number of hydrogen-bond donors (Lipinski definition) is 2. The van der Waals surface area contributed by atoms with Crippen LogP contribution in [0, 0.1) is 18.3 Å². The largest absolute Gasteiger partial charge is 0.341 e. The van der Waals surface area contributed by atoms with Crippen molar-refractivity contribution >= 4 is 29.0 Å². The second-order valence-electron chi connectivity index (χ2n) is 7.59. The SMILES string of the molecule is Cc1cc(Nc2ccc(NC(=O)c3cccc(C#N)c3)cc2)nc(N2CCCCC2)n1. The van der Waals surface area contributed by atoms with Crippen molar-refractivity contribution in [3.63, 3.8) is 0 Å². The van der Waals surface area contributed by atoms with Gasteiger partial charge in [-0.1, -0.05) is 6.07 Å². The van der Waals surface area contributed by atoms with Crippen LogP contribution in [0.2, 0.25) is 0 Å². The summed E-state index contributed by atoms with van der Waals surface area (Å²) in [6.07, 6.45) is 3.61. The Morgan fingerprint density at radius 3 is 2.48 bits per heavy atom. The van der Waals surface area contributed by atoms with Gasteiger partial charge in [-0.15, -0.1) is 0 Å². The van der Waals surface area contributed by atoms with Gasteiger partial charge in [0.25, 0.3) is 5.91 Å². The molecule has 0 atom stereocenters. The predicted molar refractivity (Wildman–Crippen MR) is 122 cm³/mol. The Morgan fingerprint density at radius 2 is 1.74 bits per heavy atom. The Balaban J connectivity index is 1.43. The number of benzene rings is 2. The van der Waals surface area contributed by atoms with Crippen molar-refractivity contribution in [2.45, 2.75) is 26.2 Å². The lowest BCUT2D eigenvalue weighted by molar-refractivity contribution is 0.102. The second kappa shape index (κ2) is 9.26. The van der Waals surface area contributed by atoms with Crippen LogP contribution in [0.3, 0.4) is 0 Å². The van der Waals surface area contributed by atoms with Crippen molar-refractivity contribution in [3.8, 4) is 6.07 Å². The molecule has 1 aliphatic heterocycles. The summed E-state index contributed by atoms with van der Waals surface area (Å²) in [5.74, 6) is 1.26. The highest BCUT2D eigenvalue weighted by molar-refractivity contribution is 6.04. The van der Waals surface area contributed by atoms with Gasteiger partial charge in [0, 0.05) is 41.8 Å². The van der Waals surface area contributed by atoms with E-state index in [-0.39, 0.29) is 5.91 Å². The van der Waals surface area contributed by atoms with Gasteiger partial charge in [0.2, 0.25) is 5.95 Å². The highest BCUT2D eigenvalue weighted by Gasteiger charge is 2.15. The zero-order chi connectivity index (χ0) is 21.6. The van der Waals surface area contributed by atoms with Gasteiger partial charge in [-0.25, -0.2) is 4.98 Å². The van der Waals surface area contributed by atoms with Gasteiger partial charge in [0.1, 0.15) is 5.82 Å². The molecule has 7 nitrogen and oxygen atoms in total. The minimum Gasteiger partial charge on any atom is -0.341 e. The molecule has 2 heterocycles. The standard InChI is InChI=1S/C24H24N6O/c1-17-14-22(29-24(26-17)30-12-3-2-4-13-30)27-20-8-10-21(11-9-20)28-23(31)19-7-5-6-18(15-19)16-25/h5-11,14-15H,2-4,12-13H2,1H3,(H,28,31)(H,26,27,29). The van der Waals surface area contributed by atoms with Gasteiger partial charge in [-0.05, 0) is 68.7 Å². The third-order valence-corrected chi connectivity index (χ3v) is 5.15. The third-order valence-electron chi connectivity index (χ3n) is 5.15. The van der Waals surface area contributed by atoms with E-state index in [1.54, 1.807) is 24.3 Å². The molecule has 0 radical (unpaired) electrons. The van der Waals surface area contributed by atoms with Gasteiger partial charge >= 0.3 is 0 Å². The van der Waals surface area contributed by atoms with Gasteiger partial charge in [-0.3, -0.25) is 4.79 Å². The number of aromatic nitrogens is 2. The van der Waals surface area contributed by atoms with E-state index in [2.05, 4.69) is 25.5 Å². The number of nitrogens with one attached hydrogen (secondary N) is 2. The summed E-state index contributed by atoms with van der Waals surface area (Å²) >= 11 is 0. The van der Waals surface area contributed by atoms with Gasteiger partial charge in [0.15, 0.2) is 0 Å². The molecular formula is C24H24N6O. The van der Waals surface area contributed by atoms with Crippen LogP contribution in [0.15, 0.2) is 54.6 Å². The topological polar surface area (TPSA) is 93.9 Å². The highest BCUT2D eigenvalue weighted by atomic mass is 16.1. The first-order valence-corrected chi connectivity index (χ1v) is 10.4. The molecule has 3 aromatic rings. The maximum atomic E-state index is 12.4. The molecule has 0 spiro atoms. The predicted octanol–water partition coefficient (Wildman–Crippen LogP) is 4.64. The van der Waals surface area contributed by atoms with E-state index in [1.807, 2.05) is 43.3 Å². The summed E-state index contributed by atoms with van der Waals surface area (Å²) in [5.41, 5.74) is 3.36. The maximum absolute atomic E-state index is 12.4. The van der Waals surface area contributed by atoms with E-state index in [9.17, 15) is 4.79 Å².